The van der Waals surface area contributed by atoms with Crippen molar-refractivity contribution in [2.45, 2.75) is 12.3 Å². The molecule has 0 N–H and O–H groups in total. The Morgan fingerprint density at radius 1 is 1.42 bits per heavy atom. The van der Waals surface area contributed by atoms with Crippen molar-refractivity contribution in [3.8, 4) is 5.75 Å². The van der Waals surface area contributed by atoms with E-state index in [1.165, 1.54) is 0 Å². The van der Waals surface area contributed by atoms with Gasteiger partial charge in [0.2, 0.25) is 0 Å². The van der Waals surface area contributed by atoms with E-state index in [0.717, 1.165) is 17.9 Å². The molecule has 1 aliphatic heterocycles. The van der Waals surface area contributed by atoms with Gasteiger partial charge in [-0.05, 0) is 11.6 Å². The third-order valence-electron chi connectivity index (χ3n) is 3.02. The largest absolute Gasteiger partial charge is 0.488 e. The summed E-state index contributed by atoms with van der Waals surface area (Å²) in [5.41, 5.74) is 0.980. The number of ether oxygens (including phenoxy) is 2. The number of aliphatic imine (C=N–C) groups is 1. The van der Waals surface area contributed by atoms with E-state index < -0.39 is 0 Å². The minimum absolute atomic E-state index is 0.216. The van der Waals surface area contributed by atoms with Crippen LogP contribution in [0.5, 0.6) is 5.75 Å². The Kier molecular flexibility index (Phi) is 4.72. The van der Waals surface area contributed by atoms with Gasteiger partial charge in [0.15, 0.2) is 5.90 Å². The molecule has 0 saturated heterocycles. The van der Waals surface area contributed by atoms with Crippen LogP contribution in [0.25, 0.3) is 0 Å². The molecule has 1 aromatic carbocycles. The van der Waals surface area contributed by atoms with Crippen molar-refractivity contribution in [3.05, 3.63) is 40.4 Å². The summed E-state index contributed by atoms with van der Waals surface area (Å²) in [7, 11) is 1.63. The Balaban J connectivity index is 2.20. The van der Waals surface area contributed by atoms with E-state index in [0.29, 0.717) is 28.9 Å². The van der Waals surface area contributed by atoms with Gasteiger partial charge in [0.05, 0.1) is 12.1 Å². The molecule has 2 rings (SSSR count). The molecule has 1 atom stereocenters. The summed E-state index contributed by atoms with van der Waals surface area (Å²) in [5, 5.41) is 0.965. The highest BCUT2D eigenvalue weighted by Gasteiger charge is 2.24. The average molecular weight is 300 g/mol. The molecule has 0 fully saturated rings. The number of methoxy groups -OCH3 is 1. The van der Waals surface area contributed by atoms with Crippen LogP contribution in [0.15, 0.2) is 29.8 Å². The predicted molar refractivity (Wildman–Crippen MR) is 78.8 cm³/mol. The lowest BCUT2D eigenvalue weighted by atomic mass is 9.97. The first-order valence-electron chi connectivity index (χ1n) is 5.96. The molecule has 0 saturated carbocycles. The average Bonchev–Trinajstić information content (AvgIpc) is 2.89. The van der Waals surface area contributed by atoms with E-state index in [1.807, 2.05) is 12.1 Å². The molecule has 102 valence electrons. The van der Waals surface area contributed by atoms with Gasteiger partial charge in [0.25, 0.3) is 0 Å². The van der Waals surface area contributed by atoms with Crippen LogP contribution >= 0.6 is 23.2 Å². The lowest BCUT2D eigenvalue weighted by Gasteiger charge is -2.14. The van der Waals surface area contributed by atoms with Gasteiger partial charge < -0.3 is 9.47 Å². The van der Waals surface area contributed by atoms with E-state index in [1.54, 1.807) is 13.2 Å². The molecule has 1 aliphatic rings. The molecule has 0 aromatic heterocycles. The molecule has 1 aromatic rings. The number of hydrogen-bond acceptors (Lipinski definition) is 3. The van der Waals surface area contributed by atoms with Crippen LogP contribution in [0.4, 0.5) is 0 Å². The normalized spacial score (nSPS) is 18.1. The molecule has 0 aliphatic carbocycles. The predicted octanol–water partition coefficient (Wildman–Crippen LogP) is 4.09. The highest BCUT2D eigenvalue weighted by atomic mass is 35.5. The first kappa shape index (κ1) is 14.2. The van der Waals surface area contributed by atoms with Gasteiger partial charge in [0, 0.05) is 18.9 Å². The van der Waals surface area contributed by atoms with E-state index in [-0.39, 0.29) is 5.92 Å². The lowest BCUT2D eigenvalue weighted by molar-refractivity contribution is 0.363. The molecule has 5 heteroatoms. The van der Waals surface area contributed by atoms with Gasteiger partial charge in [-0.1, -0.05) is 41.9 Å². The quantitative estimate of drug-likeness (QED) is 0.784. The van der Waals surface area contributed by atoms with Crippen molar-refractivity contribution < 1.29 is 9.47 Å². The number of hydrogen-bond donors (Lipinski definition) is 0. The number of rotatable bonds is 4. The first-order valence-corrected chi connectivity index (χ1v) is 6.71. The van der Waals surface area contributed by atoms with E-state index in [9.17, 15) is 0 Å². The summed E-state index contributed by atoms with van der Waals surface area (Å²) < 4.78 is 10.6. The van der Waals surface area contributed by atoms with Gasteiger partial charge >= 0.3 is 0 Å². The zero-order valence-corrected chi connectivity index (χ0v) is 12.2. The molecular weight excluding hydrogens is 285 g/mol. The minimum Gasteiger partial charge on any atom is -0.488 e. The van der Waals surface area contributed by atoms with Crippen molar-refractivity contribution in [3.63, 3.8) is 0 Å². The fourth-order valence-corrected chi connectivity index (χ4v) is 2.57. The smallest absolute Gasteiger partial charge is 0.183 e. The molecule has 0 radical (unpaired) electrons. The summed E-state index contributed by atoms with van der Waals surface area (Å²) in [6.45, 7) is 4.67. The Morgan fingerprint density at radius 2 is 2.21 bits per heavy atom. The van der Waals surface area contributed by atoms with Crippen LogP contribution < -0.4 is 4.74 Å². The topological polar surface area (TPSA) is 30.8 Å². The highest BCUT2D eigenvalue weighted by Crippen LogP contribution is 2.40. The van der Waals surface area contributed by atoms with Gasteiger partial charge in [0.1, 0.15) is 17.4 Å². The van der Waals surface area contributed by atoms with Crippen LogP contribution in [-0.2, 0) is 4.74 Å². The monoisotopic (exact) mass is 299 g/mol. The van der Waals surface area contributed by atoms with E-state index in [2.05, 4.69) is 11.6 Å². The SMILES string of the molecule is C=CCOc1ccc([C@H]2CN=C(OC)C2)c(Cl)c1Cl. The van der Waals surface area contributed by atoms with Gasteiger partial charge in [-0.25, -0.2) is 0 Å². The minimum atomic E-state index is 0.216. The maximum atomic E-state index is 6.32. The van der Waals surface area contributed by atoms with Crippen LogP contribution in [0, 0.1) is 0 Å². The maximum Gasteiger partial charge on any atom is 0.183 e. The van der Waals surface area contributed by atoms with Crippen molar-refractivity contribution in [1.82, 2.24) is 0 Å². The summed E-state index contributed by atoms with van der Waals surface area (Å²) >= 11 is 12.5. The zero-order chi connectivity index (χ0) is 13.8. The Hall–Kier alpha value is -1.19. The van der Waals surface area contributed by atoms with Crippen LogP contribution in [0.1, 0.15) is 17.9 Å². The molecule has 0 bridgehead atoms. The summed E-state index contributed by atoms with van der Waals surface area (Å²) in [6, 6.07) is 3.77. The highest BCUT2D eigenvalue weighted by molar-refractivity contribution is 6.43. The van der Waals surface area contributed by atoms with Gasteiger partial charge in [-0.15, -0.1) is 0 Å². The Bertz CT molecular complexity index is 514. The Labute approximate surface area is 122 Å². The molecule has 1 heterocycles. The fraction of sp³-hybridized carbons (Fsp3) is 0.357. The summed E-state index contributed by atoms with van der Waals surface area (Å²) in [6.07, 6.45) is 2.41. The fourth-order valence-electron chi connectivity index (χ4n) is 2.03. The molecule has 0 spiro atoms. The zero-order valence-electron chi connectivity index (χ0n) is 10.7. The van der Waals surface area contributed by atoms with Crippen molar-refractivity contribution in [2.75, 3.05) is 20.3 Å². The molecule has 0 amide bonds. The third kappa shape index (κ3) is 3.04. The van der Waals surface area contributed by atoms with Gasteiger partial charge in [-0.3, -0.25) is 4.99 Å². The van der Waals surface area contributed by atoms with E-state index >= 15 is 0 Å². The second-order valence-electron chi connectivity index (χ2n) is 4.22. The van der Waals surface area contributed by atoms with Crippen LogP contribution in [0.3, 0.4) is 0 Å². The number of nitrogens with zero attached hydrogens (tertiary/aromatic N) is 1. The van der Waals surface area contributed by atoms with Gasteiger partial charge in [-0.2, -0.15) is 0 Å². The second kappa shape index (κ2) is 6.31. The maximum absolute atomic E-state index is 6.32. The van der Waals surface area contributed by atoms with Crippen molar-refractivity contribution in [1.29, 1.82) is 0 Å². The molecular formula is C14H15Cl2NO2. The second-order valence-corrected chi connectivity index (χ2v) is 4.98. The lowest BCUT2D eigenvalue weighted by Crippen LogP contribution is -2.04. The van der Waals surface area contributed by atoms with Crippen LogP contribution in [-0.4, -0.2) is 26.2 Å². The van der Waals surface area contributed by atoms with Crippen molar-refractivity contribution in [2.24, 2.45) is 4.99 Å². The first-order chi connectivity index (χ1) is 9.17. The van der Waals surface area contributed by atoms with Crippen LogP contribution in [0.2, 0.25) is 10.0 Å². The summed E-state index contributed by atoms with van der Waals surface area (Å²) in [5.74, 6) is 1.54. The molecule has 3 nitrogen and oxygen atoms in total. The number of halogens is 2. The Morgan fingerprint density at radius 3 is 2.84 bits per heavy atom. The van der Waals surface area contributed by atoms with Crippen molar-refractivity contribution >= 4 is 29.1 Å². The molecule has 0 unspecified atom stereocenters. The third-order valence-corrected chi connectivity index (χ3v) is 3.90. The molecule has 19 heavy (non-hydrogen) atoms. The summed E-state index contributed by atoms with van der Waals surface area (Å²) in [4.78, 5) is 4.30. The number of benzene rings is 1. The standard InChI is InChI=1S/C14H15Cl2NO2/c1-3-6-19-11-5-4-10(13(15)14(11)16)9-7-12(18-2)17-8-9/h3-5,9H,1,6-8H2,2H3/t9-/m1/s1. The van der Waals surface area contributed by atoms with E-state index in [4.69, 9.17) is 32.7 Å².